The molecule has 0 spiro atoms. The van der Waals surface area contributed by atoms with Crippen LogP contribution >= 0.6 is 11.3 Å². The van der Waals surface area contributed by atoms with E-state index >= 15 is 0 Å². The highest BCUT2D eigenvalue weighted by Crippen LogP contribution is 2.28. The fourth-order valence-electron chi connectivity index (χ4n) is 2.43. The van der Waals surface area contributed by atoms with Crippen molar-refractivity contribution in [2.24, 2.45) is 0 Å². The first kappa shape index (κ1) is 13.0. The van der Waals surface area contributed by atoms with Crippen LogP contribution in [0.1, 0.15) is 37.5 Å². The molecule has 0 aromatic carbocycles. The average Bonchev–Trinajstić information content (AvgIpc) is 3.18. The van der Waals surface area contributed by atoms with Gasteiger partial charge in [-0.2, -0.15) is 0 Å². The standard InChI is InChI=1S/C12H16N6OS/c19-12(14-11-6-3-7-20-11)13-8-10-15-16-17-18(10)9-4-1-2-5-9/h3,6-7,9H,1-2,4-5,8H2,(H2,13,14,19). The van der Waals surface area contributed by atoms with Gasteiger partial charge in [0.25, 0.3) is 0 Å². The minimum absolute atomic E-state index is 0.242. The van der Waals surface area contributed by atoms with Crippen molar-refractivity contribution in [3.63, 3.8) is 0 Å². The van der Waals surface area contributed by atoms with Crippen LogP contribution in [0.5, 0.6) is 0 Å². The number of hydrogen-bond donors (Lipinski definition) is 2. The Morgan fingerprint density at radius 3 is 3.05 bits per heavy atom. The van der Waals surface area contributed by atoms with Crippen LogP contribution in [-0.2, 0) is 6.54 Å². The summed E-state index contributed by atoms with van der Waals surface area (Å²) in [5, 5.41) is 20.0. The van der Waals surface area contributed by atoms with Crippen LogP contribution in [0, 0.1) is 0 Å². The molecule has 2 aromatic rings. The summed E-state index contributed by atoms with van der Waals surface area (Å²) in [6.07, 6.45) is 4.66. The zero-order valence-corrected chi connectivity index (χ0v) is 11.8. The number of rotatable bonds is 4. The molecule has 2 heterocycles. The van der Waals surface area contributed by atoms with Gasteiger partial charge in [0.1, 0.15) is 0 Å². The zero-order valence-electron chi connectivity index (χ0n) is 11.0. The van der Waals surface area contributed by atoms with Crippen molar-refractivity contribution in [3.05, 3.63) is 23.3 Å². The first-order valence-corrected chi connectivity index (χ1v) is 7.56. The SMILES string of the molecule is O=C(NCc1nnnn1C1CCCC1)Nc1cccs1. The molecule has 0 unspecified atom stereocenters. The summed E-state index contributed by atoms with van der Waals surface area (Å²) in [7, 11) is 0. The molecular weight excluding hydrogens is 276 g/mol. The predicted molar refractivity (Wildman–Crippen MR) is 75.5 cm³/mol. The van der Waals surface area contributed by atoms with Gasteiger partial charge in [0, 0.05) is 0 Å². The van der Waals surface area contributed by atoms with Crippen LogP contribution in [0.25, 0.3) is 0 Å². The maximum Gasteiger partial charge on any atom is 0.320 e. The molecule has 2 aromatic heterocycles. The number of thiophene rings is 1. The van der Waals surface area contributed by atoms with E-state index in [-0.39, 0.29) is 6.03 Å². The maximum absolute atomic E-state index is 11.7. The van der Waals surface area contributed by atoms with Gasteiger partial charge in [0.15, 0.2) is 5.82 Å². The predicted octanol–water partition coefficient (Wildman–Crippen LogP) is 2.17. The van der Waals surface area contributed by atoms with E-state index in [1.165, 1.54) is 24.2 Å². The van der Waals surface area contributed by atoms with Gasteiger partial charge in [-0.1, -0.05) is 12.8 Å². The number of anilines is 1. The fraction of sp³-hybridized carbons (Fsp3) is 0.500. The van der Waals surface area contributed by atoms with E-state index in [0.717, 1.165) is 17.8 Å². The summed E-state index contributed by atoms with van der Waals surface area (Å²) in [5.74, 6) is 0.707. The van der Waals surface area contributed by atoms with Gasteiger partial charge >= 0.3 is 6.03 Å². The molecule has 1 aliphatic rings. The maximum atomic E-state index is 11.7. The van der Waals surface area contributed by atoms with Crippen molar-refractivity contribution >= 4 is 22.4 Å². The molecule has 0 aliphatic heterocycles. The summed E-state index contributed by atoms with van der Waals surface area (Å²) >= 11 is 1.48. The van der Waals surface area contributed by atoms with Crippen LogP contribution < -0.4 is 10.6 Å². The van der Waals surface area contributed by atoms with Crippen molar-refractivity contribution in [1.29, 1.82) is 0 Å². The van der Waals surface area contributed by atoms with Gasteiger partial charge in [-0.25, -0.2) is 9.48 Å². The molecule has 0 saturated heterocycles. The van der Waals surface area contributed by atoms with Crippen molar-refractivity contribution in [1.82, 2.24) is 25.5 Å². The molecule has 0 atom stereocenters. The number of aromatic nitrogens is 4. The molecule has 1 fully saturated rings. The summed E-state index contributed by atoms with van der Waals surface area (Å²) in [4.78, 5) is 11.7. The van der Waals surface area contributed by atoms with Crippen molar-refractivity contribution in [2.75, 3.05) is 5.32 Å². The van der Waals surface area contributed by atoms with Gasteiger partial charge in [0.2, 0.25) is 0 Å². The highest BCUT2D eigenvalue weighted by atomic mass is 32.1. The molecular formula is C12H16N6OS. The zero-order chi connectivity index (χ0) is 13.8. The lowest BCUT2D eigenvalue weighted by atomic mass is 10.2. The first-order valence-electron chi connectivity index (χ1n) is 6.68. The minimum atomic E-state index is -0.242. The van der Waals surface area contributed by atoms with E-state index in [9.17, 15) is 4.79 Å². The molecule has 1 aliphatic carbocycles. The highest BCUT2D eigenvalue weighted by molar-refractivity contribution is 7.14. The monoisotopic (exact) mass is 292 g/mol. The van der Waals surface area contributed by atoms with E-state index < -0.39 is 0 Å². The lowest BCUT2D eigenvalue weighted by Crippen LogP contribution is -2.29. The molecule has 2 amide bonds. The Hall–Kier alpha value is -1.96. The number of amides is 2. The van der Waals surface area contributed by atoms with Gasteiger partial charge in [0.05, 0.1) is 17.6 Å². The third-order valence-electron chi connectivity index (χ3n) is 3.40. The van der Waals surface area contributed by atoms with Gasteiger partial charge in [-0.3, -0.25) is 5.32 Å². The smallest absolute Gasteiger partial charge is 0.320 e. The first-order chi connectivity index (χ1) is 9.83. The molecule has 8 heteroatoms. The number of nitrogens with one attached hydrogen (secondary N) is 2. The number of carbonyl (C=O) groups is 1. The molecule has 0 radical (unpaired) electrons. The van der Waals surface area contributed by atoms with E-state index in [1.807, 2.05) is 22.2 Å². The highest BCUT2D eigenvalue weighted by Gasteiger charge is 2.21. The van der Waals surface area contributed by atoms with Gasteiger partial charge in [-0.15, -0.1) is 16.4 Å². The van der Waals surface area contributed by atoms with Crippen LogP contribution in [0.2, 0.25) is 0 Å². The second-order valence-electron chi connectivity index (χ2n) is 4.76. The molecule has 2 N–H and O–H groups in total. The quantitative estimate of drug-likeness (QED) is 0.904. The Balaban J connectivity index is 1.55. The summed E-state index contributed by atoms with van der Waals surface area (Å²) in [6.45, 7) is 0.334. The minimum Gasteiger partial charge on any atom is -0.330 e. The van der Waals surface area contributed by atoms with Crippen LogP contribution in [0.4, 0.5) is 9.80 Å². The van der Waals surface area contributed by atoms with E-state index in [1.54, 1.807) is 0 Å². The molecule has 1 saturated carbocycles. The van der Waals surface area contributed by atoms with Crippen molar-refractivity contribution in [2.45, 2.75) is 38.3 Å². The number of tetrazole rings is 1. The second kappa shape index (κ2) is 6.00. The molecule has 3 rings (SSSR count). The van der Waals surface area contributed by atoms with Gasteiger partial charge in [-0.05, 0) is 40.8 Å². The Kier molecular flexibility index (Phi) is 3.91. The largest absolute Gasteiger partial charge is 0.330 e. The lowest BCUT2D eigenvalue weighted by Gasteiger charge is -2.11. The van der Waals surface area contributed by atoms with E-state index in [0.29, 0.717) is 18.4 Å². The van der Waals surface area contributed by atoms with Gasteiger partial charge < -0.3 is 5.32 Å². The molecule has 20 heavy (non-hydrogen) atoms. The Morgan fingerprint density at radius 1 is 1.45 bits per heavy atom. The lowest BCUT2D eigenvalue weighted by molar-refractivity contribution is 0.251. The van der Waals surface area contributed by atoms with Crippen LogP contribution in [0.15, 0.2) is 17.5 Å². The fourth-order valence-corrected chi connectivity index (χ4v) is 3.04. The number of nitrogens with zero attached hydrogens (tertiary/aromatic N) is 4. The van der Waals surface area contributed by atoms with E-state index in [4.69, 9.17) is 0 Å². The third-order valence-corrected chi connectivity index (χ3v) is 4.18. The Labute approximate surface area is 120 Å². The van der Waals surface area contributed by atoms with Crippen LogP contribution in [-0.4, -0.2) is 26.2 Å². The second-order valence-corrected chi connectivity index (χ2v) is 5.71. The van der Waals surface area contributed by atoms with E-state index in [2.05, 4.69) is 26.2 Å². The van der Waals surface area contributed by atoms with Crippen molar-refractivity contribution in [3.8, 4) is 0 Å². The molecule has 106 valence electrons. The Bertz CT molecular complexity index is 560. The summed E-state index contributed by atoms with van der Waals surface area (Å²) < 4.78 is 1.85. The third kappa shape index (κ3) is 2.96. The topological polar surface area (TPSA) is 84.7 Å². The normalized spacial score (nSPS) is 15.4. The average molecular weight is 292 g/mol. The van der Waals surface area contributed by atoms with Crippen LogP contribution in [0.3, 0.4) is 0 Å². The molecule has 0 bridgehead atoms. The van der Waals surface area contributed by atoms with Crippen molar-refractivity contribution < 1.29 is 4.79 Å². The number of urea groups is 1. The summed E-state index contributed by atoms with van der Waals surface area (Å²) in [5.41, 5.74) is 0. The number of hydrogen-bond acceptors (Lipinski definition) is 5. The molecule has 7 nitrogen and oxygen atoms in total. The summed E-state index contributed by atoms with van der Waals surface area (Å²) in [6, 6.07) is 3.88. The Morgan fingerprint density at radius 2 is 2.30 bits per heavy atom. The number of carbonyl (C=O) groups excluding carboxylic acids is 1.